The molecule has 4 heteroatoms. The molecule has 0 aliphatic carbocycles. The highest BCUT2D eigenvalue weighted by Crippen LogP contribution is 2.20. The van der Waals surface area contributed by atoms with Gasteiger partial charge in [0.25, 0.3) is 0 Å². The molecule has 2 rings (SSSR count). The monoisotopic (exact) mass is 202 g/mol. The van der Waals surface area contributed by atoms with E-state index in [2.05, 4.69) is 9.97 Å². The summed E-state index contributed by atoms with van der Waals surface area (Å²) in [5.41, 5.74) is 8.50. The minimum Gasteiger partial charge on any atom is -0.334 e. The summed E-state index contributed by atoms with van der Waals surface area (Å²) >= 11 is 0. The van der Waals surface area contributed by atoms with Gasteiger partial charge in [0.2, 0.25) is 0 Å². The highest BCUT2D eigenvalue weighted by Gasteiger charge is 2.12. The van der Waals surface area contributed by atoms with Crippen molar-refractivity contribution in [2.24, 2.45) is 12.8 Å². The number of rotatable bonds is 2. The fraction of sp³-hybridized carbons (Fsp3) is 0.273. The third-order valence-electron chi connectivity index (χ3n) is 2.54. The number of nitrogens with zero attached hydrogens (tertiary/aromatic N) is 3. The highest BCUT2D eigenvalue weighted by atomic mass is 15.1. The maximum Gasteiger partial charge on any atom is 0.111 e. The summed E-state index contributed by atoms with van der Waals surface area (Å²) in [5.74, 6) is 0.955. The van der Waals surface area contributed by atoms with Crippen LogP contribution in [0.3, 0.4) is 0 Å². The van der Waals surface area contributed by atoms with Crippen LogP contribution < -0.4 is 5.73 Å². The number of pyridine rings is 1. The SMILES string of the molecule is Cc1nc(-c2ccccn2)c(CN)n1C. The van der Waals surface area contributed by atoms with Crippen molar-refractivity contribution in [3.63, 3.8) is 0 Å². The molecule has 4 nitrogen and oxygen atoms in total. The molecule has 0 fully saturated rings. The number of nitrogens with two attached hydrogens (primary N) is 1. The van der Waals surface area contributed by atoms with Crippen molar-refractivity contribution in [1.29, 1.82) is 0 Å². The Hall–Kier alpha value is -1.68. The Bertz CT molecular complexity index is 459. The molecule has 0 atom stereocenters. The van der Waals surface area contributed by atoms with Crippen molar-refractivity contribution in [2.45, 2.75) is 13.5 Å². The van der Waals surface area contributed by atoms with Gasteiger partial charge in [0.1, 0.15) is 11.5 Å². The molecule has 0 aliphatic rings. The third kappa shape index (κ3) is 1.64. The maximum atomic E-state index is 5.71. The van der Waals surface area contributed by atoms with Gasteiger partial charge >= 0.3 is 0 Å². The maximum absolute atomic E-state index is 5.71. The van der Waals surface area contributed by atoms with Crippen LogP contribution in [0.25, 0.3) is 11.4 Å². The summed E-state index contributed by atoms with van der Waals surface area (Å²) < 4.78 is 2.00. The molecular formula is C11H14N4. The zero-order valence-electron chi connectivity index (χ0n) is 8.94. The molecule has 0 unspecified atom stereocenters. The van der Waals surface area contributed by atoms with Crippen molar-refractivity contribution >= 4 is 0 Å². The lowest BCUT2D eigenvalue weighted by Crippen LogP contribution is -2.05. The van der Waals surface area contributed by atoms with Gasteiger partial charge in [-0.2, -0.15) is 0 Å². The van der Waals surface area contributed by atoms with Gasteiger partial charge in [-0.15, -0.1) is 0 Å². The van der Waals surface area contributed by atoms with Gasteiger partial charge < -0.3 is 10.3 Å². The molecule has 0 saturated carbocycles. The molecule has 0 amide bonds. The van der Waals surface area contributed by atoms with E-state index in [-0.39, 0.29) is 0 Å². The van der Waals surface area contributed by atoms with E-state index >= 15 is 0 Å². The van der Waals surface area contributed by atoms with Gasteiger partial charge in [-0.1, -0.05) is 6.07 Å². The molecule has 2 aromatic heterocycles. The summed E-state index contributed by atoms with van der Waals surface area (Å²) in [7, 11) is 1.97. The van der Waals surface area contributed by atoms with Crippen LogP contribution in [0.2, 0.25) is 0 Å². The quantitative estimate of drug-likeness (QED) is 0.797. The molecule has 0 aromatic carbocycles. The smallest absolute Gasteiger partial charge is 0.111 e. The number of hydrogen-bond donors (Lipinski definition) is 1. The molecule has 0 radical (unpaired) electrons. The van der Waals surface area contributed by atoms with Crippen LogP contribution in [-0.4, -0.2) is 14.5 Å². The van der Waals surface area contributed by atoms with E-state index < -0.39 is 0 Å². The Kier molecular flexibility index (Phi) is 2.51. The molecule has 2 N–H and O–H groups in total. The first kappa shape index (κ1) is 9.86. The van der Waals surface area contributed by atoms with Crippen molar-refractivity contribution < 1.29 is 0 Å². The van der Waals surface area contributed by atoms with Gasteiger partial charge in [-0.25, -0.2) is 4.98 Å². The number of aromatic nitrogens is 3. The van der Waals surface area contributed by atoms with Gasteiger partial charge in [-0.05, 0) is 19.1 Å². The highest BCUT2D eigenvalue weighted by molar-refractivity contribution is 5.57. The molecule has 78 valence electrons. The predicted molar refractivity (Wildman–Crippen MR) is 59.1 cm³/mol. The summed E-state index contributed by atoms with van der Waals surface area (Å²) in [6.07, 6.45) is 1.76. The average molecular weight is 202 g/mol. The molecular weight excluding hydrogens is 188 g/mol. The average Bonchev–Trinajstić information content (AvgIpc) is 2.56. The van der Waals surface area contributed by atoms with Crippen molar-refractivity contribution in [3.8, 4) is 11.4 Å². The van der Waals surface area contributed by atoms with Crippen LogP contribution in [0.1, 0.15) is 11.5 Å². The first-order chi connectivity index (χ1) is 7.24. The molecule has 2 aromatic rings. The molecule has 0 saturated heterocycles. The second-order valence-corrected chi connectivity index (χ2v) is 3.43. The Balaban J connectivity index is 2.58. The van der Waals surface area contributed by atoms with E-state index in [0.29, 0.717) is 6.54 Å². The Morgan fingerprint density at radius 3 is 2.80 bits per heavy atom. The van der Waals surface area contributed by atoms with E-state index in [0.717, 1.165) is 22.9 Å². The standard InChI is InChI=1S/C11H14N4/c1-8-14-11(10(7-12)15(8)2)9-5-3-4-6-13-9/h3-6H,7,12H2,1-2H3. The van der Waals surface area contributed by atoms with Crippen LogP contribution >= 0.6 is 0 Å². The van der Waals surface area contributed by atoms with Crippen LogP contribution in [0.4, 0.5) is 0 Å². The van der Waals surface area contributed by atoms with Crippen molar-refractivity contribution in [1.82, 2.24) is 14.5 Å². The Morgan fingerprint density at radius 1 is 1.40 bits per heavy atom. The van der Waals surface area contributed by atoms with Gasteiger partial charge in [0.15, 0.2) is 0 Å². The molecule has 0 bridgehead atoms. The second-order valence-electron chi connectivity index (χ2n) is 3.43. The fourth-order valence-electron chi connectivity index (χ4n) is 1.60. The van der Waals surface area contributed by atoms with Crippen molar-refractivity contribution in [2.75, 3.05) is 0 Å². The van der Waals surface area contributed by atoms with Crippen LogP contribution in [-0.2, 0) is 13.6 Å². The van der Waals surface area contributed by atoms with E-state index in [1.807, 2.05) is 36.7 Å². The summed E-state index contributed by atoms with van der Waals surface area (Å²) in [6.45, 7) is 2.44. The summed E-state index contributed by atoms with van der Waals surface area (Å²) in [5, 5.41) is 0. The summed E-state index contributed by atoms with van der Waals surface area (Å²) in [4.78, 5) is 8.75. The topological polar surface area (TPSA) is 56.7 Å². The second kappa shape index (κ2) is 3.82. The van der Waals surface area contributed by atoms with E-state index in [1.54, 1.807) is 6.20 Å². The predicted octanol–water partition coefficient (Wildman–Crippen LogP) is 1.25. The lowest BCUT2D eigenvalue weighted by Gasteiger charge is -2.02. The zero-order chi connectivity index (χ0) is 10.8. The molecule has 15 heavy (non-hydrogen) atoms. The van der Waals surface area contributed by atoms with E-state index in [4.69, 9.17) is 5.73 Å². The fourth-order valence-corrected chi connectivity index (χ4v) is 1.60. The lowest BCUT2D eigenvalue weighted by molar-refractivity contribution is 0.788. The van der Waals surface area contributed by atoms with E-state index in [1.165, 1.54) is 0 Å². The normalized spacial score (nSPS) is 10.6. The minimum absolute atomic E-state index is 0.475. The van der Waals surface area contributed by atoms with Crippen LogP contribution in [0, 0.1) is 6.92 Å². The number of aryl methyl sites for hydroxylation is 1. The Morgan fingerprint density at radius 2 is 2.20 bits per heavy atom. The largest absolute Gasteiger partial charge is 0.334 e. The lowest BCUT2D eigenvalue weighted by atomic mass is 10.2. The summed E-state index contributed by atoms with van der Waals surface area (Å²) in [6, 6.07) is 5.79. The molecule has 0 aliphatic heterocycles. The molecule has 0 spiro atoms. The van der Waals surface area contributed by atoms with Crippen LogP contribution in [0.15, 0.2) is 24.4 Å². The first-order valence-corrected chi connectivity index (χ1v) is 4.87. The third-order valence-corrected chi connectivity index (χ3v) is 2.54. The number of hydrogen-bond acceptors (Lipinski definition) is 3. The van der Waals surface area contributed by atoms with Gasteiger partial charge in [-0.3, -0.25) is 4.98 Å². The van der Waals surface area contributed by atoms with Gasteiger partial charge in [0.05, 0.1) is 11.4 Å². The van der Waals surface area contributed by atoms with Crippen molar-refractivity contribution in [3.05, 3.63) is 35.9 Å². The Labute approximate surface area is 88.8 Å². The zero-order valence-corrected chi connectivity index (χ0v) is 8.94. The first-order valence-electron chi connectivity index (χ1n) is 4.87. The molecule has 2 heterocycles. The number of imidazole rings is 1. The van der Waals surface area contributed by atoms with Gasteiger partial charge in [0, 0.05) is 19.8 Å². The minimum atomic E-state index is 0.475. The van der Waals surface area contributed by atoms with Crippen LogP contribution in [0.5, 0.6) is 0 Å². The van der Waals surface area contributed by atoms with E-state index in [9.17, 15) is 0 Å².